The predicted octanol–water partition coefficient (Wildman–Crippen LogP) is 3.58. The van der Waals surface area contributed by atoms with Crippen molar-refractivity contribution < 1.29 is 9.18 Å². The van der Waals surface area contributed by atoms with Crippen LogP contribution in [0.5, 0.6) is 0 Å². The van der Waals surface area contributed by atoms with E-state index in [1.54, 1.807) is 28.8 Å². The predicted molar refractivity (Wildman–Crippen MR) is 79.0 cm³/mol. The number of aldehydes is 1. The van der Waals surface area contributed by atoms with Crippen molar-refractivity contribution in [2.45, 2.75) is 31.7 Å². The Labute approximate surface area is 122 Å². The van der Waals surface area contributed by atoms with Gasteiger partial charge in [-0.25, -0.2) is 4.39 Å². The first-order valence-corrected chi connectivity index (χ1v) is 7.17. The van der Waals surface area contributed by atoms with Crippen LogP contribution in [0.4, 0.5) is 4.39 Å². The van der Waals surface area contributed by atoms with Crippen LogP contribution in [0.3, 0.4) is 0 Å². The minimum atomic E-state index is -0.307. The summed E-state index contributed by atoms with van der Waals surface area (Å²) in [6.07, 6.45) is 4.66. The number of pyridine rings is 1. The van der Waals surface area contributed by atoms with Gasteiger partial charge >= 0.3 is 0 Å². The molecule has 0 radical (unpaired) electrons. The second-order valence-corrected chi connectivity index (χ2v) is 5.41. The number of carbonyl (C=O) groups excluding carboxylic acids is 1. The van der Waals surface area contributed by atoms with Gasteiger partial charge in [0.1, 0.15) is 5.82 Å². The van der Waals surface area contributed by atoms with E-state index >= 15 is 0 Å². The van der Waals surface area contributed by atoms with E-state index in [9.17, 15) is 14.0 Å². The largest absolute Gasteiger partial charge is 0.305 e. The molecule has 3 nitrogen and oxygen atoms in total. The first-order valence-electron chi connectivity index (χ1n) is 7.17. The minimum Gasteiger partial charge on any atom is -0.305 e. The number of carbonyl (C=O) groups is 1. The molecule has 0 amide bonds. The molecule has 21 heavy (non-hydrogen) atoms. The summed E-state index contributed by atoms with van der Waals surface area (Å²) in [4.78, 5) is 23.5. The minimum absolute atomic E-state index is 0.123. The molecule has 0 bridgehead atoms. The first kappa shape index (κ1) is 13.7. The summed E-state index contributed by atoms with van der Waals surface area (Å²) >= 11 is 0. The maximum Gasteiger partial charge on any atom is 0.261 e. The average Bonchev–Trinajstić information content (AvgIpc) is 3.01. The molecule has 1 saturated carbocycles. The van der Waals surface area contributed by atoms with Gasteiger partial charge in [0.2, 0.25) is 0 Å². The Bertz CT molecular complexity index is 713. The molecule has 1 heterocycles. The molecule has 0 atom stereocenters. The van der Waals surface area contributed by atoms with E-state index in [4.69, 9.17) is 0 Å². The van der Waals surface area contributed by atoms with Crippen molar-refractivity contribution in [1.82, 2.24) is 4.57 Å². The van der Waals surface area contributed by atoms with Crippen molar-refractivity contribution in [2.75, 3.05) is 0 Å². The fraction of sp³-hybridized carbons (Fsp3) is 0.294. The van der Waals surface area contributed by atoms with Crippen LogP contribution >= 0.6 is 0 Å². The Morgan fingerprint density at radius 2 is 1.71 bits per heavy atom. The highest BCUT2D eigenvalue weighted by Crippen LogP contribution is 2.32. The maximum atomic E-state index is 13.1. The standard InChI is InChI=1S/C17H16FNO2/c18-14-8-5-12(6-9-14)16-10-7-13(11-20)17(21)19(16)15-3-1-2-4-15/h5-11,15H,1-4H2. The normalized spacial score (nSPS) is 15.3. The first-order chi connectivity index (χ1) is 10.2. The molecule has 2 aromatic rings. The molecular weight excluding hydrogens is 269 g/mol. The molecule has 1 aromatic heterocycles. The fourth-order valence-corrected chi connectivity index (χ4v) is 3.04. The number of hydrogen-bond donors (Lipinski definition) is 0. The van der Waals surface area contributed by atoms with Gasteiger partial charge in [-0.15, -0.1) is 0 Å². The van der Waals surface area contributed by atoms with E-state index in [0.29, 0.717) is 6.29 Å². The van der Waals surface area contributed by atoms with Crippen LogP contribution in [-0.2, 0) is 0 Å². The number of halogens is 1. The Hall–Kier alpha value is -2.23. The number of benzene rings is 1. The smallest absolute Gasteiger partial charge is 0.261 e. The van der Waals surface area contributed by atoms with Crippen molar-refractivity contribution in [3.8, 4) is 11.3 Å². The van der Waals surface area contributed by atoms with E-state index in [1.807, 2.05) is 0 Å². The molecule has 3 rings (SSSR count). The van der Waals surface area contributed by atoms with Gasteiger partial charge in [-0.1, -0.05) is 12.8 Å². The summed E-state index contributed by atoms with van der Waals surface area (Å²) < 4.78 is 14.8. The van der Waals surface area contributed by atoms with Gasteiger partial charge in [-0.05, 0) is 54.8 Å². The van der Waals surface area contributed by atoms with E-state index in [-0.39, 0.29) is 23.0 Å². The Morgan fingerprint density at radius 3 is 2.33 bits per heavy atom. The van der Waals surface area contributed by atoms with Gasteiger partial charge in [-0.2, -0.15) is 0 Å². The van der Waals surface area contributed by atoms with Crippen LogP contribution in [0.25, 0.3) is 11.3 Å². The van der Waals surface area contributed by atoms with Gasteiger partial charge in [0.15, 0.2) is 6.29 Å². The summed E-state index contributed by atoms with van der Waals surface area (Å²) in [5.41, 5.74) is 1.46. The van der Waals surface area contributed by atoms with Crippen LogP contribution in [0.2, 0.25) is 0 Å². The van der Waals surface area contributed by atoms with Crippen LogP contribution in [0.1, 0.15) is 42.1 Å². The second-order valence-electron chi connectivity index (χ2n) is 5.41. The lowest BCUT2D eigenvalue weighted by Gasteiger charge is -2.19. The lowest BCUT2D eigenvalue weighted by molar-refractivity contribution is 0.112. The lowest BCUT2D eigenvalue weighted by Crippen LogP contribution is -2.27. The highest BCUT2D eigenvalue weighted by Gasteiger charge is 2.22. The summed E-state index contributed by atoms with van der Waals surface area (Å²) in [7, 11) is 0. The average molecular weight is 285 g/mol. The molecule has 0 aliphatic heterocycles. The molecule has 1 aromatic carbocycles. The van der Waals surface area contributed by atoms with Crippen LogP contribution in [0, 0.1) is 5.82 Å². The molecule has 1 aliphatic carbocycles. The van der Waals surface area contributed by atoms with E-state index < -0.39 is 0 Å². The molecule has 108 valence electrons. The van der Waals surface area contributed by atoms with E-state index in [2.05, 4.69) is 0 Å². The second kappa shape index (κ2) is 5.64. The van der Waals surface area contributed by atoms with Crippen LogP contribution in [-0.4, -0.2) is 10.9 Å². The molecule has 0 N–H and O–H groups in total. The number of hydrogen-bond acceptors (Lipinski definition) is 2. The Kier molecular flexibility index (Phi) is 3.69. The third-order valence-electron chi connectivity index (χ3n) is 4.10. The van der Waals surface area contributed by atoms with Gasteiger partial charge in [-0.3, -0.25) is 9.59 Å². The third-order valence-corrected chi connectivity index (χ3v) is 4.10. The molecule has 0 spiro atoms. The highest BCUT2D eigenvalue weighted by atomic mass is 19.1. The fourth-order valence-electron chi connectivity index (χ4n) is 3.04. The number of nitrogens with zero attached hydrogens (tertiary/aromatic N) is 1. The van der Waals surface area contributed by atoms with Crippen molar-refractivity contribution >= 4 is 6.29 Å². The topological polar surface area (TPSA) is 39.1 Å². The van der Waals surface area contributed by atoms with Gasteiger partial charge < -0.3 is 4.57 Å². The third kappa shape index (κ3) is 2.53. The van der Waals surface area contributed by atoms with E-state index in [1.165, 1.54) is 12.1 Å². The Balaban J connectivity index is 2.19. The van der Waals surface area contributed by atoms with Gasteiger partial charge in [0, 0.05) is 6.04 Å². The molecule has 1 fully saturated rings. The summed E-state index contributed by atoms with van der Waals surface area (Å²) in [5, 5.41) is 0. The van der Waals surface area contributed by atoms with Gasteiger partial charge in [0.25, 0.3) is 5.56 Å². The van der Waals surface area contributed by atoms with E-state index in [0.717, 1.165) is 36.9 Å². The molecule has 0 unspecified atom stereocenters. The monoisotopic (exact) mass is 285 g/mol. The SMILES string of the molecule is O=Cc1ccc(-c2ccc(F)cc2)n(C2CCCC2)c1=O. The number of aromatic nitrogens is 1. The summed E-state index contributed by atoms with van der Waals surface area (Å²) in [6.45, 7) is 0. The number of rotatable bonds is 3. The quantitative estimate of drug-likeness (QED) is 0.808. The van der Waals surface area contributed by atoms with Crippen LogP contribution in [0.15, 0.2) is 41.2 Å². The molecule has 1 aliphatic rings. The van der Waals surface area contributed by atoms with Gasteiger partial charge in [0.05, 0.1) is 11.3 Å². The molecule has 0 saturated heterocycles. The zero-order chi connectivity index (χ0) is 14.8. The Morgan fingerprint density at radius 1 is 1.05 bits per heavy atom. The molecular formula is C17H16FNO2. The van der Waals surface area contributed by atoms with Crippen molar-refractivity contribution in [3.05, 3.63) is 58.1 Å². The van der Waals surface area contributed by atoms with Crippen molar-refractivity contribution in [2.24, 2.45) is 0 Å². The zero-order valence-corrected chi connectivity index (χ0v) is 11.6. The van der Waals surface area contributed by atoms with Crippen molar-refractivity contribution in [3.63, 3.8) is 0 Å². The van der Waals surface area contributed by atoms with Crippen molar-refractivity contribution in [1.29, 1.82) is 0 Å². The lowest BCUT2D eigenvalue weighted by atomic mass is 10.1. The summed E-state index contributed by atoms with van der Waals surface area (Å²) in [6, 6.07) is 9.53. The summed E-state index contributed by atoms with van der Waals surface area (Å²) in [5.74, 6) is -0.307. The maximum absolute atomic E-state index is 13.1. The molecule has 4 heteroatoms. The highest BCUT2D eigenvalue weighted by molar-refractivity contribution is 5.75. The van der Waals surface area contributed by atoms with Crippen LogP contribution < -0.4 is 5.56 Å². The zero-order valence-electron chi connectivity index (χ0n) is 11.6.